The predicted octanol–water partition coefficient (Wildman–Crippen LogP) is 1.57. The van der Waals surface area contributed by atoms with Crippen molar-refractivity contribution in [2.75, 3.05) is 11.5 Å². The van der Waals surface area contributed by atoms with E-state index in [1.807, 2.05) is 11.8 Å². The number of hydrogen-bond donors (Lipinski definition) is 0. The van der Waals surface area contributed by atoms with E-state index >= 15 is 0 Å². The van der Waals surface area contributed by atoms with Crippen molar-refractivity contribution in [3.05, 3.63) is 0 Å². The number of ketones is 1. The Labute approximate surface area is 87.4 Å². The molecule has 76 valence electrons. The molecule has 0 radical (unpaired) electrons. The minimum absolute atomic E-state index is 0.238. The van der Waals surface area contributed by atoms with E-state index in [4.69, 9.17) is 0 Å². The van der Waals surface area contributed by atoms with Crippen molar-refractivity contribution in [3.8, 4) is 0 Å². The van der Waals surface area contributed by atoms with E-state index in [0.717, 1.165) is 24.3 Å². The lowest BCUT2D eigenvalue weighted by Crippen LogP contribution is -2.49. The molecular weight excluding hydrogens is 198 g/mol. The summed E-state index contributed by atoms with van der Waals surface area (Å²) in [4.78, 5) is 25.3. The Balaban J connectivity index is 2.10. The van der Waals surface area contributed by atoms with Gasteiger partial charge in [-0.2, -0.15) is 16.8 Å². The van der Waals surface area contributed by atoms with Gasteiger partial charge in [-0.25, -0.2) is 4.79 Å². The zero-order valence-corrected chi connectivity index (χ0v) is 8.81. The van der Waals surface area contributed by atoms with Crippen LogP contribution in [0.1, 0.15) is 25.7 Å². The molecule has 0 aromatic carbocycles. The van der Waals surface area contributed by atoms with Crippen molar-refractivity contribution >= 4 is 23.6 Å². The van der Waals surface area contributed by atoms with Crippen LogP contribution in [0.15, 0.2) is 4.99 Å². The molecule has 0 N–H and O–H groups in total. The highest BCUT2D eigenvalue weighted by molar-refractivity contribution is 7.99. The van der Waals surface area contributed by atoms with Crippen LogP contribution in [-0.4, -0.2) is 28.9 Å². The average Bonchev–Trinajstić information content (AvgIpc) is 2.17. The Kier molecular flexibility index (Phi) is 2.75. The second-order valence-corrected chi connectivity index (χ2v) is 5.31. The van der Waals surface area contributed by atoms with E-state index in [-0.39, 0.29) is 11.3 Å². The average molecular weight is 211 g/mol. The van der Waals surface area contributed by atoms with Crippen molar-refractivity contribution in [1.82, 2.24) is 0 Å². The van der Waals surface area contributed by atoms with Crippen LogP contribution in [0.5, 0.6) is 0 Å². The Morgan fingerprint density at radius 2 is 2.00 bits per heavy atom. The molecule has 2 fully saturated rings. The molecule has 0 bridgehead atoms. The van der Waals surface area contributed by atoms with Crippen LogP contribution in [0.3, 0.4) is 0 Å². The summed E-state index contributed by atoms with van der Waals surface area (Å²) in [6.07, 6.45) is 4.76. The molecule has 1 aliphatic carbocycles. The van der Waals surface area contributed by atoms with Crippen LogP contribution in [0, 0.1) is 5.92 Å². The number of carbonyl (C=O) groups excluding carboxylic acids is 2. The van der Waals surface area contributed by atoms with Crippen LogP contribution < -0.4 is 0 Å². The zero-order valence-electron chi connectivity index (χ0n) is 7.99. The molecule has 0 aromatic rings. The van der Waals surface area contributed by atoms with Crippen molar-refractivity contribution in [2.24, 2.45) is 10.9 Å². The van der Waals surface area contributed by atoms with Gasteiger partial charge in [0.2, 0.25) is 6.08 Å². The van der Waals surface area contributed by atoms with Gasteiger partial charge < -0.3 is 0 Å². The van der Waals surface area contributed by atoms with Gasteiger partial charge in [0.05, 0.1) is 5.54 Å². The van der Waals surface area contributed by atoms with E-state index in [2.05, 4.69) is 4.99 Å². The van der Waals surface area contributed by atoms with E-state index in [9.17, 15) is 9.59 Å². The molecule has 1 aliphatic heterocycles. The SMILES string of the molecule is O=C=NC1(C2CCSCC2)CC(=O)C1. The molecule has 0 amide bonds. The number of hydrogen-bond acceptors (Lipinski definition) is 4. The van der Waals surface area contributed by atoms with Gasteiger partial charge in [0.15, 0.2) is 0 Å². The van der Waals surface area contributed by atoms with Crippen molar-refractivity contribution in [3.63, 3.8) is 0 Å². The Morgan fingerprint density at radius 3 is 2.50 bits per heavy atom. The zero-order chi connectivity index (χ0) is 10.0. The number of rotatable bonds is 2. The Hall–Kier alpha value is -0.600. The molecule has 4 heteroatoms. The number of isocyanates is 1. The molecule has 1 heterocycles. The Morgan fingerprint density at radius 1 is 1.36 bits per heavy atom. The molecule has 0 atom stereocenters. The number of nitrogens with zero attached hydrogens (tertiary/aromatic N) is 1. The lowest BCUT2D eigenvalue weighted by molar-refractivity contribution is -0.129. The first-order valence-electron chi connectivity index (χ1n) is 4.95. The van der Waals surface area contributed by atoms with Gasteiger partial charge in [0.1, 0.15) is 5.78 Å². The highest BCUT2D eigenvalue weighted by Gasteiger charge is 2.49. The smallest absolute Gasteiger partial charge is 0.235 e. The number of carbonyl (C=O) groups is 1. The summed E-state index contributed by atoms with van der Waals surface area (Å²) >= 11 is 1.94. The van der Waals surface area contributed by atoms with Crippen LogP contribution in [-0.2, 0) is 9.59 Å². The van der Waals surface area contributed by atoms with Gasteiger partial charge in [-0.15, -0.1) is 0 Å². The molecule has 3 nitrogen and oxygen atoms in total. The predicted molar refractivity (Wildman–Crippen MR) is 55.1 cm³/mol. The minimum atomic E-state index is -0.347. The number of thioether (sulfide) groups is 1. The number of Topliss-reactive ketones (excluding diaryl/α,β-unsaturated/α-hetero) is 1. The van der Waals surface area contributed by atoms with E-state index in [1.165, 1.54) is 0 Å². The fourth-order valence-corrected chi connectivity index (χ4v) is 3.52. The molecule has 14 heavy (non-hydrogen) atoms. The van der Waals surface area contributed by atoms with Gasteiger partial charge in [-0.1, -0.05) is 0 Å². The second-order valence-electron chi connectivity index (χ2n) is 4.09. The number of aliphatic imine (C=N–C) groups is 1. The molecular formula is C10H13NO2S. The maximum Gasteiger partial charge on any atom is 0.235 e. The first-order valence-corrected chi connectivity index (χ1v) is 6.11. The normalized spacial score (nSPS) is 26.4. The first kappa shape index (κ1) is 9.94. The lowest BCUT2D eigenvalue weighted by atomic mass is 9.66. The third-order valence-electron chi connectivity index (χ3n) is 3.26. The molecule has 0 unspecified atom stereocenters. The van der Waals surface area contributed by atoms with Crippen LogP contribution in [0.4, 0.5) is 0 Å². The van der Waals surface area contributed by atoms with Gasteiger partial charge in [0.25, 0.3) is 0 Å². The standard InChI is InChI=1S/C10H13NO2S/c12-7-11-10(5-9(13)6-10)8-1-3-14-4-2-8/h8H,1-6H2. The quantitative estimate of drug-likeness (QED) is 0.514. The summed E-state index contributed by atoms with van der Waals surface area (Å²) in [5.41, 5.74) is -0.347. The van der Waals surface area contributed by atoms with E-state index < -0.39 is 0 Å². The van der Waals surface area contributed by atoms with Gasteiger partial charge in [0, 0.05) is 12.8 Å². The largest absolute Gasteiger partial charge is 0.300 e. The summed E-state index contributed by atoms with van der Waals surface area (Å²) in [6, 6.07) is 0. The van der Waals surface area contributed by atoms with Crippen molar-refractivity contribution in [2.45, 2.75) is 31.2 Å². The molecule has 2 aliphatic rings. The van der Waals surface area contributed by atoms with Crippen molar-refractivity contribution < 1.29 is 9.59 Å². The highest BCUT2D eigenvalue weighted by Crippen LogP contribution is 2.44. The first-order chi connectivity index (χ1) is 6.77. The topological polar surface area (TPSA) is 46.5 Å². The summed E-state index contributed by atoms with van der Waals surface area (Å²) in [5.74, 6) is 2.94. The van der Waals surface area contributed by atoms with Crippen LogP contribution in [0.2, 0.25) is 0 Å². The summed E-state index contributed by atoms with van der Waals surface area (Å²) in [6.45, 7) is 0. The maximum atomic E-state index is 11.0. The third kappa shape index (κ3) is 1.64. The van der Waals surface area contributed by atoms with Gasteiger partial charge in [-0.05, 0) is 30.3 Å². The molecule has 0 spiro atoms. The second kappa shape index (κ2) is 3.87. The molecule has 1 saturated heterocycles. The highest BCUT2D eigenvalue weighted by atomic mass is 32.2. The van der Waals surface area contributed by atoms with Crippen LogP contribution in [0.25, 0.3) is 0 Å². The van der Waals surface area contributed by atoms with Gasteiger partial charge >= 0.3 is 0 Å². The fourth-order valence-electron chi connectivity index (χ4n) is 2.42. The third-order valence-corrected chi connectivity index (χ3v) is 4.30. The minimum Gasteiger partial charge on any atom is -0.300 e. The Bertz CT molecular complexity index is 282. The fraction of sp³-hybridized carbons (Fsp3) is 0.800. The van der Waals surface area contributed by atoms with Gasteiger partial charge in [-0.3, -0.25) is 4.79 Å². The monoisotopic (exact) mass is 211 g/mol. The van der Waals surface area contributed by atoms with E-state index in [1.54, 1.807) is 6.08 Å². The molecule has 2 rings (SSSR count). The van der Waals surface area contributed by atoms with E-state index in [0.29, 0.717) is 18.8 Å². The summed E-state index contributed by atoms with van der Waals surface area (Å²) < 4.78 is 0. The maximum absolute atomic E-state index is 11.0. The molecule has 0 aromatic heterocycles. The van der Waals surface area contributed by atoms with Crippen molar-refractivity contribution in [1.29, 1.82) is 0 Å². The summed E-state index contributed by atoms with van der Waals surface area (Å²) in [5, 5.41) is 0. The lowest BCUT2D eigenvalue weighted by Gasteiger charge is -2.43. The summed E-state index contributed by atoms with van der Waals surface area (Å²) in [7, 11) is 0. The molecule has 1 saturated carbocycles. The van der Waals surface area contributed by atoms with Crippen LogP contribution >= 0.6 is 11.8 Å².